The molecule has 1 atom stereocenters. The molecule has 1 aliphatic heterocycles. The number of carboxylic acids is 1. The van der Waals surface area contributed by atoms with Crippen LogP contribution < -0.4 is 0 Å². The van der Waals surface area contributed by atoms with Gasteiger partial charge in [-0.25, -0.2) is 4.79 Å². The first-order valence-electron chi connectivity index (χ1n) is 6.92. The average molecular weight is 312 g/mol. The van der Waals surface area contributed by atoms with E-state index in [1.165, 1.54) is 16.7 Å². The summed E-state index contributed by atoms with van der Waals surface area (Å²) in [5.41, 5.74) is -1.08. The Balaban J connectivity index is 2.02. The number of rotatable bonds is 5. The Morgan fingerprint density at radius 2 is 2.24 bits per heavy atom. The molecule has 1 aromatic rings. The highest BCUT2D eigenvalue weighted by Crippen LogP contribution is 2.30. The highest BCUT2D eigenvalue weighted by molar-refractivity contribution is 7.99. The minimum atomic E-state index is -1.08. The zero-order valence-electron chi connectivity index (χ0n) is 12.4. The molecule has 0 aliphatic carbocycles. The first-order valence-corrected chi connectivity index (χ1v) is 7.91. The normalized spacial score (nSPS) is 22.0. The van der Waals surface area contributed by atoms with E-state index in [-0.39, 0.29) is 17.7 Å². The number of carbonyl (C=O) groups is 2. The van der Waals surface area contributed by atoms with Gasteiger partial charge in [0.2, 0.25) is 5.91 Å². The Morgan fingerprint density at radius 1 is 1.52 bits per heavy atom. The van der Waals surface area contributed by atoms with E-state index in [9.17, 15) is 14.7 Å². The minimum absolute atomic E-state index is 0.166. The van der Waals surface area contributed by atoms with Crippen molar-refractivity contribution in [2.24, 2.45) is 0 Å². The van der Waals surface area contributed by atoms with Crippen molar-refractivity contribution in [3.8, 4) is 0 Å². The second-order valence-corrected chi connectivity index (χ2v) is 6.57. The van der Waals surface area contributed by atoms with Gasteiger partial charge in [0, 0.05) is 12.6 Å². The number of hydrogen-bond donors (Lipinski definition) is 1. The molecule has 21 heavy (non-hydrogen) atoms. The molecule has 1 unspecified atom stereocenters. The predicted octanol–water partition coefficient (Wildman–Crippen LogP) is 1.42. The summed E-state index contributed by atoms with van der Waals surface area (Å²) in [6.07, 6.45) is 2.86. The van der Waals surface area contributed by atoms with Crippen molar-refractivity contribution >= 4 is 23.6 Å². The third kappa shape index (κ3) is 3.04. The number of aliphatic carboxylic acids is 1. The second-order valence-electron chi connectivity index (χ2n) is 5.63. The van der Waals surface area contributed by atoms with E-state index in [0.717, 1.165) is 6.42 Å². The van der Waals surface area contributed by atoms with E-state index < -0.39 is 11.5 Å². The van der Waals surface area contributed by atoms with Crippen LogP contribution in [0.1, 0.15) is 39.7 Å². The molecule has 0 radical (unpaired) electrons. The van der Waals surface area contributed by atoms with Crippen LogP contribution in [-0.2, 0) is 9.59 Å². The summed E-state index contributed by atoms with van der Waals surface area (Å²) in [7, 11) is 0. The number of hydrogen-bond acceptors (Lipinski definition) is 5. The molecule has 2 heterocycles. The molecule has 1 aliphatic rings. The van der Waals surface area contributed by atoms with Crippen molar-refractivity contribution in [1.82, 2.24) is 19.7 Å². The SMILES string of the molecule is CC(C)n1cnnc1SCC(=O)N1CCCC1(C)C(=O)O. The van der Waals surface area contributed by atoms with Gasteiger partial charge in [-0.3, -0.25) is 4.79 Å². The lowest BCUT2D eigenvalue weighted by atomic mass is 9.99. The smallest absolute Gasteiger partial charge is 0.329 e. The van der Waals surface area contributed by atoms with Crippen LogP contribution in [0.4, 0.5) is 0 Å². The molecule has 1 fully saturated rings. The molecule has 0 saturated carbocycles. The Hall–Kier alpha value is -1.57. The van der Waals surface area contributed by atoms with Crippen molar-refractivity contribution in [3.63, 3.8) is 0 Å². The maximum absolute atomic E-state index is 12.3. The van der Waals surface area contributed by atoms with Crippen LogP contribution in [0.25, 0.3) is 0 Å². The Labute approximate surface area is 127 Å². The topological polar surface area (TPSA) is 88.3 Å². The van der Waals surface area contributed by atoms with Crippen LogP contribution in [0.15, 0.2) is 11.5 Å². The standard InChI is InChI=1S/C13H20N4O3S/c1-9(2)16-8-14-15-12(16)21-7-10(18)17-6-4-5-13(17,3)11(19)20/h8-9H,4-7H2,1-3H3,(H,19,20). The summed E-state index contributed by atoms with van der Waals surface area (Å²) in [5.74, 6) is -0.932. The van der Waals surface area contributed by atoms with Crippen LogP contribution in [0.5, 0.6) is 0 Å². The summed E-state index contributed by atoms with van der Waals surface area (Å²) in [4.78, 5) is 25.2. The molecule has 1 amide bonds. The number of aromatic nitrogens is 3. The third-order valence-electron chi connectivity index (χ3n) is 3.82. The molecule has 1 saturated heterocycles. The van der Waals surface area contributed by atoms with Gasteiger partial charge >= 0.3 is 5.97 Å². The molecule has 2 rings (SSSR count). The maximum Gasteiger partial charge on any atom is 0.329 e. The van der Waals surface area contributed by atoms with Crippen molar-refractivity contribution in [3.05, 3.63) is 6.33 Å². The van der Waals surface area contributed by atoms with Crippen molar-refractivity contribution in [2.75, 3.05) is 12.3 Å². The van der Waals surface area contributed by atoms with E-state index in [1.54, 1.807) is 13.3 Å². The lowest BCUT2D eigenvalue weighted by Crippen LogP contribution is -2.51. The zero-order valence-corrected chi connectivity index (χ0v) is 13.3. The van der Waals surface area contributed by atoms with Gasteiger partial charge in [0.25, 0.3) is 0 Å². The second kappa shape index (κ2) is 6.05. The number of carbonyl (C=O) groups excluding carboxylic acids is 1. The Morgan fingerprint density at radius 3 is 2.86 bits per heavy atom. The Bertz CT molecular complexity index is 545. The van der Waals surface area contributed by atoms with Crippen LogP contribution in [-0.4, -0.2) is 54.5 Å². The summed E-state index contributed by atoms with van der Waals surface area (Å²) in [6, 6.07) is 0.216. The van der Waals surface area contributed by atoms with Gasteiger partial charge < -0.3 is 14.6 Å². The van der Waals surface area contributed by atoms with Crippen LogP contribution >= 0.6 is 11.8 Å². The molecule has 0 aromatic carbocycles. The average Bonchev–Trinajstić information content (AvgIpc) is 3.02. The fourth-order valence-corrected chi connectivity index (χ4v) is 3.40. The molecule has 0 bridgehead atoms. The van der Waals surface area contributed by atoms with E-state index in [1.807, 2.05) is 18.4 Å². The first-order chi connectivity index (χ1) is 9.86. The first kappa shape index (κ1) is 15.8. The summed E-state index contributed by atoms with van der Waals surface area (Å²) < 4.78 is 1.89. The number of carboxylic acid groups (broad SMARTS) is 1. The highest BCUT2D eigenvalue weighted by Gasteiger charge is 2.45. The third-order valence-corrected chi connectivity index (χ3v) is 4.77. The van der Waals surface area contributed by atoms with Gasteiger partial charge in [-0.05, 0) is 33.6 Å². The van der Waals surface area contributed by atoms with Gasteiger partial charge in [0.15, 0.2) is 5.16 Å². The maximum atomic E-state index is 12.3. The van der Waals surface area contributed by atoms with Crippen LogP contribution in [0, 0.1) is 0 Å². The lowest BCUT2D eigenvalue weighted by molar-refractivity contribution is -0.154. The van der Waals surface area contributed by atoms with Crippen LogP contribution in [0.3, 0.4) is 0 Å². The molecule has 1 aromatic heterocycles. The highest BCUT2D eigenvalue weighted by atomic mass is 32.2. The summed E-state index contributed by atoms with van der Waals surface area (Å²) in [6.45, 7) is 6.13. The van der Waals surface area contributed by atoms with Gasteiger partial charge in [0.05, 0.1) is 5.75 Å². The van der Waals surface area contributed by atoms with Crippen molar-refractivity contribution < 1.29 is 14.7 Å². The monoisotopic (exact) mass is 312 g/mol. The van der Waals surface area contributed by atoms with Gasteiger partial charge in [-0.2, -0.15) is 0 Å². The molecule has 116 valence electrons. The van der Waals surface area contributed by atoms with Gasteiger partial charge in [-0.1, -0.05) is 11.8 Å². The van der Waals surface area contributed by atoms with Crippen molar-refractivity contribution in [1.29, 1.82) is 0 Å². The van der Waals surface area contributed by atoms with Gasteiger partial charge in [0.1, 0.15) is 11.9 Å². The molecule has 1 N–H and O–H groups in total. The molecule has 0 spiro atoms. The predicted molar refractivity (Wildman–Crippen MR) is 78.1 cm³/mol. The van der Waals surface area contributed by atoms with Crippen LogP contribution in [0.2, 0.25) is 0 Å². The molecule has 7 nitrogen and oxygen atoms in total. The molecular formula is C13H20N4O3S. The van der Waals surface area contributed by atoms with Crippen molar-refractivity contribution in [2.45, 2.75) is 50.4 Å². The number of amides is 1. The number of thioether (sulfide) groups is 1. The summed E-state index contributed by atoms with van der Waals surface area (Å²) >= 11 is 1.29. The fourth-order valence-electron chi connectivity index (χ4n) is 2.48. The van der Waals surface area contributed by atoms with Gasteiger partial charge in [-0.15, -0.1) is 10.2 Å². The molecular weight excluding hydrogens is 292 g/mol. The van der Waals surface area contributed by atoms with E-state index in [0.29, 0.717) is 18.1 Å². The Kier molecular flexibility index (Phi) is 4.55. The molecule has 8 heteroatoms. The zero-order chi connectivity index (χ0) is 15.6. The fraction of sp³-hybridized carbons (Fsp3) is 0.692. The summed E-state index contributed by atoms with van der Waals surface area (Å²) in [5, 5.41) is 17.9. The number of likely N-dealkylation sites (tertiary alicyclic amines) is 1. The van der Waals surface area contributed by atoms with E-state index in [4.69, 9.17) is 0 Å². The van der Waals surface area contributed by atoms with E-state index in [2.05, 4.69) is 10.2 Å². The van der Waals surface area contributed by atoms with E-state index >= 15 is 0 Å². The number of nitrogens with zero attached hydrogens (tertiary/aromatic N) is 4. The lowest BCUT2D eigenvalue weighted by Gasteiger charge is -2.31. The quantitative estimate of drug-likeness (QED) is 0.827. The minimum Gasteiger partial charge on any atom is -0.480 e. The largest absolute Gasteiger partial charge is 0.480 e.